The quantitative estimate of drug-likeness (QED) is 0.770. The smallest absolute Gasteiger partial charge is 0.264 e. The lowest BCUT2D eigenvalue weighted by Crippen LogP contribution is -2.26. The van der Waals surface area contributed by atoms with E-state index in [1.807, 2.05) is 25.1 Å². The SMILES string of the molecule is C=CC=N/C=C\CNC(=C)c1c(O)c2ccccc2n(CC)c1=O. The molecule has 2 rings (SSSR count). The summed E-state index contributed by atoms with van der Waals surface area (Å²) in [5, 5.41) is 14.2. The van der Waals surface area contributed by atoms with Crippen LogP contribution in [0.4, 0.5) is 0 Å². The third-order valence-electron chi connectivity index (χ3n) is 3.58. The number of rotatable bonds is 7. The van der Waals surface area contributed by atoms with Gasteiger partial charge in [-0.3, -0.25) is 9.79 Å². The van der Waals surface area contributed by atoms with Crippen LogP contribution < -0.4 is 10.9 Å². The average Bonchev–Trinajstić information content (AvgIpc) is 2.58. The van der Waals surface area contributed by atoms with Crippen LogP contribution in [0.3, 0.4) is 0 Å². The second-order valence-electron chi connectivity index (χ2n) is 5.07. The largest absolute Gasteiger partial charge is 0.506 e. The summed E-state index contributed by atoms with van der Waals surface area (Å²) < 4.78 is 1.63. The summed E-state index contributed by atoms with van der Waals surface area (Å²) in [6.07, 6.45) is 6.55. The molecule has 0 amide bonds. The van der Waals surface area contributed by atoms with Crippen LogP contribution in [0, 0.1) is 0 Å². The molecule has 1 heterocycles. The number of aromatic nitrogens is 1. The number of para-hydroxylation sites is 1. The van der Waals surface area contributed by atoms with Gasteiger partial charge in [0, 0.05) is 36.6 Å². The van der Waals surface area contributed by atoms with Gasteiger partial charge in [0.25, 0.3) is 5.56 Å². The van der Waals surface area contributed by atoms with Crippen LogP contribution >= 0.6 is 0 Å². The molecule has 0 aliphatic heterocycles. The Morgan fingerprint density at radius 3 is 2.88 bits per heavy atom. The molecule has 5 nitrogen and oxygen atoms in total. The minimum absolute atomic E-state index is 0.0496. The van der Waals surface area contributed by atoms with E-state index in [0.717, 1.165) is 0 Å². The van der Waals surface area contributed by atoms with Crippen LogP contribution in [0.5, 0.6) is 5.75 Å². The van der Waals surface area contributed by atoms with Crippen molar-refractivity contribution in [2.45, 2.75) is 13.5 Å². The summed E-state index contributed by atoms with van der Waals surface area (Å²) in [4.78, 5) is 16.7. The summed E-state index contributed by atoms with van der Waals surface area (Å²) in [6.45, 7) is 10.3. The van der Waals surface area contributed by atoms with Crippen molar-refractivity contribution in [2.24, 2.45) is 4.99 Å². The Labute approximate surface area is 141 Å². The number of aromatic hydroxyl groups is 1. The number of benzene rings is 1. The first-order valence-corrected chi connectivity index (χ1v) is 7.68. The Kier molecular flexibility index (Phi) is 5.73. The molecule has 124 valence electrons. The predicted octanol–water partition coefficient (Wildman–Crippen LogP) is 3.06. The highest BCUT2D eigenvalue weighted by Crippen LogP contribution is 2.28. The second kappa shape index (κ2) is 7.97. The summed E-state index contributed by atoms with van der Waals surface area (Å²) >= 11 is 0. The van der Waals surface area contributed by atoms with Crippen LogP contribution in [0.1, 0.15) is 12.5 Å². The number of aryl methyl sites for hydroxylation is 1. The molecule has 5 heteroatoms. The molecule has 1 aromatic heterocycles. The Morgan fingerprint density at radius 1 is 1.42 bits per heavy atom. The van der Waals surface area contributed by atoms with Crippen LogP contribution in [-0.4, -0.2) is 22.4 Å². The first-order chi connectivity index (χ1) is 11.6. The number of nitrogens with one attached hydrogen (secondary N) is 1. The van der Waals surface area contributed by atoms with E-state index < -0.39 is 0 Å². The monoisotopic (exact) mass is 323 g/mol. The second-order valence-corrected chi connectivity index (χ2v) is 5.07. The first-order valence-electron chi connectivity index (χ1n) is 7.68. The van der Waals surface area contributed by atoms with Crippen LogP contribution in [0.25, 0.3) is 16.6 Å². The third kappa shape index (κ3) is 3.46. The number of hydrogen-bond donors (Lipinski definition) is 2. The highest BCUT2D eigenvalue weighted by molar-refractivity contribution is 5.90. The molecule has 0 aliphatic carbocycles. The summed E-state index contributed by atoms with van der Waals surface area (Å²) in [7, 11) is 0. The fourth-order valence-electron chi connectivity index (χ4n) is 2.47. The number of pyridine rings is 1. The molecule has 0 bridgehead atoms. The van der Waals surface area contributed by atoms with E-state index in [1.54, 1.807) is 35.2 Å². The summed E-state index contributed by atoms with van der Waals surface area (Å²) in [5.41, 5.74) is 1.01. The molecule has 0 saturated heterocycles. The van der Waals surface area contributed by atoms with E-state index >= 15 is 0 Å². The summed E-state index contributed by atoms with van der Waals surface area (Å²) in [5.74, 6) is -0.0496. The van der Waals surface area contributed by atoms with Gasteiger partial charge in [0.1, 0.15) is 11.3 Å². The lowest BCUT2D eigenvalue weighted by Gasteiger charge is -2.15. The zero-order valence-electron chi connectivity index (χ0n) is 13.7. The van der Waals surface area contributed by atoms with Gasteiger partial charge in [0.15, 0.2) is 0 Å². The van der Waals surface area contributed by atoms with Gasteiger partial charge in [0.05, 0.1) is 5.52 Å². The van der Waals surface area contributed by atoms with Crippen molar-refractivity contribution < 1.29 is 5.11 Å². The van der Waals surface area contributed by atoms with E-state index in [2.05, 4.69) is 23.5 Å². The minimum atomic E-state index is -0.264. The standard InChI is InChI=1S/C19H21N3O2/c1-4-11-20-12-8-13-21-14(3)17-18(23)15-9-6-7-10-16(15)22(5-2)19(17)24/h4,6-12,21,23H,1,3,5,13H2,2H3/b12-8-,20-11?. The molecule has 0 fully saturated rings. The van der Waals surface area contributed by atoms with E-state index in [-0.39, 0.29) is 16.9 Å². The van der Waals surface area contributed by atoms with Gasteiger partial charge in [-0.15, -0.1) is 0 Å². The lowest BCUT2D eigenvalue weighted by atomic mass is 10.1. The van der Waals surface area contributed by atoms with Gasteiger partial charge >= 0.3 is 0 Å². The highest BCUT2D eigenvalue weighted by Gasteiger charge is 2.17. The van der Waals surface area contributed by atoms with Crippen molar-refractivity contribution in [2.75, 3.05) is 6.54 Å². The molecule has 1 aromatic carbocycles. The van der Waals surface area contributed by atoms with E-state index in [9.17, 15) is 9.90 Å². The molecule has 0 saturated carbocycles. The Morgan fingerprint density at radius 2 is 2.17 bits per heavy atom. The molecule has 0 aliphatic rings. The van der Waals surface area contributed by atoms with Crippen molar-refractivity contribution in [3.05, 3.63) is 71.7 Å². The van der Waals surface area contributed by atoms with E-state index in [0.29, 0.717) is 29.7 Å². The molecular weight excluding hydrogens is 302 g/mol. The number of hydrogen-bond acceptors (Lipinski definition) is 4. The van der Waals surface area contributed by atoms with Crippen molar-refractivity contribution in [3.63, 3.8) is 0 Å². The minimum Gasteiger partial charge on any atom is -0.506 e. The summed E-state index contributed by atoms with van der Waals surface area (Å²) in [6, 6.07) is 7.28. The van der Waals surface area contributed by atoms with Crippen LogP contribution in [0.15, 0.2) is 65.6 Å². The zero-order valence-corrected chi connectivity index (χ0v) is 13.7. The van der Waals surface area contributed by atoms with Crippen LogP contribution in [-0.2, 0) is 6.54 Å². The molecule has 0 spiro atoms. The predicted molar refractivity (Wildman–Crippen MR) is 100 cm³/mol. The normalized spacial score (nSPS) is 11.4. The van der Waals surface area contributed by atoms with Crippen molar-refractivity contribution >= 4 is 22.8 Å². The Hall–Kier alpha value is -3.08. The molecule has 0 unspecified atom stereocenters. The Bertz CT molecular complexity index is 876. The van der Waals surface area contributed by atoms with Gasteiger partial charge in [-0.2, -0.15) is 0 Å². The first kappa shape index (κ1) is 17.3. The number of nitrogens with zero attached hydrogens (tertiary/aromatic N) is 2. The Balaban J connectivity index is 2.36. The topological polar surface area (TPSA) is 66.6 Å². The van der Waals surface area contributed by atoms with Crippen LogP contribution in [0.2, 0.25) is 0 Å². The fourth-order valence-corrected chi connectivity index (χ4v) is 2.47. The molecule has 0 atom stereocenters. The number of allylic oxidation sites excluding steroid dienone is 1. The fraction of sp³-hybridized carbons (Fsp3) is 0.158. The molecule has 2 N–H and O–H groups in total. The molecule has 24 heavy (non-hydrogen) atoms. The number of fused-ring (bicyclic) bond motifs is 1. The maximum absolute atomic E-state index is 12.7. The maximum atomic E-state index is 12.7. The number of aliphatic imine (C=N–C) groups is 1. The zero-order chi connectivity index (χ0) is 17.5. The van der Waals surface area contributed by atoms with Gasteiger partial charge in [0.2, 0.25) is 0 Å². The van der Waals surface area contributed by atoms with Gasteiger partial charge in [-0.1, -0.05) is 31.4 Å². The van der Waals surface area contributed by atoms with Crippen molar-refractivity contribution in [1.82, 2.24) is 9.88 Å². The molecule has 0 radical (unpaired) electrons. The highest BCUT2D eigenvalue weighted by atomic mass is 16.3. The average molecular weight is 323 g/mol. The van der Waals surface area contributed by atoms with Crippen molar-refractivity contribution in [1.29, 1.82) is 0 Å². The maximum Gasteiger partial charge on any atom is 0.264 e. The van der Waals surface area contributed by atoms with E-state index in [4.69, 9.17) is 0 Å². The van der Waals surface area contributed by atoms with Crippen molar-refractivity contribution in [3.8, 4) is 5.75 Å². The molecule has 2 aromatic rings. The van der Waals surface area contributed by atoms with Gasteiger partial charge in [-0.25, -0.2) is 0 Å². The van der Waals surface area contributed by atoms with Gasteiger partial charge < -0.3 is 15.0 Å². The lowest BCUT2D eigenvalue weighted by molar-refractivity contribution is 0.476. The van der Waals surface area contributed by atoms with E-state index in [1.165, 1.54) is 0 Å². The third-order valence-corrected chi connectivity index (χ3v) is 3.58. The van der Waals surface area contributed by atoms with Gasteiger partial charge in [-0.05, 0) is 25.1 Å². The molecular formula is C19H21N3O2.